The van der Waals surface area contributed by atoms with Crippen LogP contribution in [-0.4, -0.2) is 26.6 Å². The minimum absolute atomic E-state index is 0.142. The van der Waals surface area contributed by atoms with Gasteiger partial charge in [0.2, 0.25) is 10.0 Å². The molecule has 0 saturated carbocycles. The van der Waals surface area contributed by atoms with Crippen LogP contribution >= 0.6 is 11.3 Å². The molecule has 1 aromatic carbocycles. The maximum atomic E-state index is 12.4. The lowest BCUT2D eigenvalue weighted by Crippen LogP contribution is -2.37. The van der Waals surface area contributed by atoms with E-state index >= 15 is 0 Å². The highest BCUT2D eigenvalue weighted by molar-refractivity contribution is 7.92. The Morgan fingerprint density at radius 3 is 2.88 bits per heavy atom. The van der Waals surface area contributed by atoms with Crippen LogP contribution < -0.4 is 9.62 Å². The number of rotatable bonds is 5. The van der Waals surface area contributed by atoms with Gasteiger partial charge >= 0.3 is 0 Å². The van der Waals surface area contributed by atoms with Gasteiger partial charge < -0.3 is 5.32 Å². The van der Waals surface area contributed by atoms with Crippen molar-refractivity contribution in [3.05, 3.63) is 46.2 Å². The predicted octanol–water partition coefficient (Wildman–Crippen LogP) is 3.49. The molecule has 0 spiro atoms. The van der Waals surface area contributed by atoms with Gasteiger partial charge in [-0.25, -0.2) is 8.42 Å². The summed E-state index contributed by atoms with van der Waals surface area (Å²) in [6, 6.07) is 9.06. The maximum Gasteiger partial charge on any atom is 0.265 e. The first-order valence-corrected chi connectivity index (χ1v) is 10.5. The number of aryl methyl sites for hydroxylation is 1. The largest absolute Gasteiger partial charge is 0.321 e. The Bertz CT molecular complexity index is 830. The highest BCUT2D eigenvalue weighted by Crippen LogP contribution is 2.32. The second kappa shape index (κ2) is 6.94. The maximum absolute atomic E-state index is 12.4. The smallest absolute Gasteiger partial charge is 0.265 e. The molecule has 1 aliphatic rings. The average molecular weight is 364 g/mol. The van der Waals surface area contributed by atoms with Crippen LogP contribution in [0.2, 0.25) is 0 Å². The Morgan fingerprint density at radius 2 is 2.17 bits per heavy atom. The molecule has 1 aromatic heterocycles. The molecular weight excluding hydrogens is 344 g/mol. The van der Waals surface area contributed by atoms with E-state index in [2.05, 4.69) is 5.32 Å². The van der Waals surface area contributed by atoms with Crippen molar-refractivity contribution in [1.82, 2.24) is 0 Å². The van der Waals surface area contributed by atoms with E-state index in [4.69, 9.17) is 0 Å². The van der Waals surface area contributed by atoms with E-state index in [1.54, 1.807) is 18.2 Å². The molecule has 24 heavy (non-hydrogen) atoms. The second-order valence-corrected chi connectivity index (χ2v) is 8.73. The van der Waals surface area contributed by atoms with Gasteiger partial charge in [-0.15, -0.1) is 11.3 Å². The molecule has 0 aliphatic carbocycles. The highest BCUT2D eigenvalue weighted by atomic mass is 32.2. The Hall–Kier alpha value is -1.86. The predicted molar refractivity (Wildman–Crippen MR) is 98.5 cm³/mol. The van der Waals surface area contributed by atoms with Crippen molar-refractivity contribution >= 4 is 38.6 Å². The number of hydrogen-bond donors (Lipinski definition) is 1. The lowest BCUT2D eigenvalue weighted by Gasteiger charge is -2.30. The zero-order valence-corrected chi connectivity index (χ0v) is 15.1. The molecule has 0 unspecified atom stereocenters. The number of amides is 1. The summed E-state index contributed by atoms with van der Waals surface area (Å²) < 4.78 is 26.4. The fourth-order valence-corrected chi connectivity index (χ4v) is 5.14. The molecule has 2 heterocycles. The van der Waals surface area contributed by atoms with Crippen LogP contribution in [0.5, 0.6) is 0 Å². The van der Waals surface area contributed by atoms with Crippen molar-refractivity contribution in [1.29, 1.82) is 0 Å². The number of nitrogens with one attached hydrogen (secondary N) is 1. The quantitative estimate of drug-likeness (QED) is 0.883. The zero-order chi connectivity index (χ0) is 17.2. The standard InChI is InChI=1S/C17H20N2O3S2/c1-2-11-24(21,22)19-9-3-5-13-12-14(7-8-15(13)19)18-17(20)16-6-4-10-23-16/h4,6-8,10,12H,2-3,5,9,11H2,1H3,(H,18,20). The van der Waals surface area contributed by atoms with Gasteiger partial charge in [-0.1, -0.05) is 13.0 Å². The van der Waals surface area contributed by atoms with Crippen LogP contribution in [0.25, 0.3) is 0 Å². The highest BCUT2D eigenvalue weighted by Gasteiger charge is 2.26. The van der Waals surface area contributed by atoms with Gasteiger partial charge in [-0.05, 0) is 54.5 Å². The second-order valence-electron chi connectivity index (χ2n) is 5.77. The van der Waals surface area contributed by atoms with Crippen molar-refractivity contribution < 1.29 is 13.2 Å². The molecule has 0 fully saturated rings. The summed E-state index contributed by atoms with van der Waals surface area (Å²) in [7, 11) is -3.27. The molecule has 1 amide bonds. The van der Waals surface area contributed by atoms with E-state index in [-0.39, 0.29) is 11.7 Å². The van der Waals surface area contributed by atoms with Crippen LogP contribution in [0.4, 0.5) is 11.4 Å². The van der Waals surface area contributed by atoms with Gasteiger partial charge in [0.25, 0.3) is 5.91 Å². The lowest BCUT2D eigenvalue weighted by atomic mass is 10.0. The minimum Gasteiger partial charge on any atom is -0.321 e. The topological polar surface area (TPSA) is 66.5 Å². The van der Waals surface area contributed by atoms with Gasteiger partial charge in [0.05, 0.1) is 16.3 Å². The van der Waals surface area contributed by atoms with E-state index in [9.17, 15) is 13.2 Å². The van der Waals surface area contributed by atoms with Crippen LogP contribution in [0.1, 0.15) is 35.0 Å². The van der Waals surface area contributed by atoms with Crippen molar-refractivity contribution in [3.8, 4) is 0 Å². The Morgan fingerprint density at radius 1 is 1.33 bits per heavy atom. The number of hydrogen-bond acceptors (Lipinski definition) is 4. The summed E-state index contributed by atoms with van der Waals surface area (Å²) in [6.45, 7) is 2.39. The first kappa shape index (κ1) is 17.0. The summed E-state index contributed by atoms with van der Waals surface area (Å²) in [4.78, 5) is 12.8. The first-order chi connectivity index (χ1) is 11.5. The van der Waals surface area contributed by atoms with E-state index in [1.807, 2.05) is 24.4 Å². The number of sulfonamides is 1. The van der Waals surface area contributed by atoms with Gasteiger partial charge in [-0.2, -0.15) is 0 Å². The minimum atomic E-state index is -3.27. The number of carbonyl (C=O) groups is 1. The molecule has 1 aliphatic heterocycles. The number of benzene rings is 1. The third-order valence-electron chi connectivity index (χ3n) is 3.96. The number of nitrogens with zero attached hydrogens (tertiary/aromatic N) is 1. The van der Waals surface area contributed by atoms with Crippen molar-refractivity contribution in [2.24, 2.45) is 0 Å². The summed E-state index contributed by atoms with van der Waals surface area (Å²) >= 11 is 1.39. The third kappa shape index (κ3) is 3.47. The summed E-state index contributed by atoms with van der Waals surface area (Å²) in [6.07, 6.45) is 2.21. The van der Waals surface area contributed by atoms with Crippen LogP contribution in [0, 0.1) is 0 Å². The molecule has 0 atom stereocenters. The summed E-state index contributed by atoms with van der Waals surface area (Å²) in [5.41, 5.74) is 2.40. The SMILES string of the molecule is CCCS(=O)(=O)N1CCCc2cc(NC(=O)c3cccs3)ccc21. The molecule has 5 nitrogen and oxygen atoms in total. The van der Waals surface area contributed by atoms with Gasteiger partial charge in [0.15, 0.2) is 0 Å². The van der Waals surface area contributed by atoms with E-state index < -0.39 is 10.0 Å². The third-order valence-corrected chi connectivity index (χ3v) is 6.80. The van der Waals surface area contributed by atoms with E-state index in [0.717, 1.165) is 24.1 Å². The molecule has 1 N–H and O–H groups in total. The number of thiophene rings is 1. The van der Waals surface area contributed by atoms with E-state index in [1.165, 1.54) is 15.6 Å². The fraction of sp³-hybridized carbons (Fsp3) is 0.353. The molecule has 0 radical (unpaired) electrons. The van der Waals surface area contributed by atoms with Gasteiger partial charge in [-0.3, -0.25) is 9.10 Å². The van der Waals surface area contributed by atoms with Crippen LogP contribution in [0.3, 0.4) is 0 Å². The Balaban J connectivity index is 1.84. The molecule has 0 saturated heterocycles. The monoisotopic (exact) mass is 364 g/mol. The zero-order valence-electron chi connectivity index (χ0n) is 13.5. The summed E-state index contributed by atoms with van der Waals surface area (Å²) in [5.74, 6) is 0.0137. The molecule has 2 aromatic rings. The lowest BCUT2D eigenvalue weighted by molar-refractivity contribution is 0.103. The molecule has 7 heteroatoms. The number of carbonyl (C=O) groups excluding carboxylic acids is 1. The summed E-state index contributed by atoms with van der Waals surface area (Å²) in [5, 5.41) is 4.74. The van der Waals surface area contributed by atoms with E-state index in [0.29, 0.717) is 23.5 Å². The molecular formula is C17H20N2O3S2. The van der Waals surface area contributed by atoms with Crippen LogP contribution in [0.15, 0.2) is 35.7 Å². The number of fused-ring (bicyclic) bond motifs is 1. The molecule has 128 valence electrons. The van der Waals surface area contributed by atoms with Crippen molar-refractivity contribution in [2.75, 3.05) is 21.9 Å². The number of anilines is 2. The van der Waals surface area contributed by atoms with Crippen molar-refractivity contribution in [2.45, 2.75) is 26.2 Å². The molecule has 0 bridgehead atoms. The Labute approximate surface area is 146 Å². The van der Waals surface area contributed by atoms with Gasteiger partial charge in [0, 0.05) is 12.2 Å². The van der Waals surface area contributed by atoms with Crippen LogP contribution in [-0.2, 0) is 16.4 Å². The Kier molecular flexibility index (Phi) is 4.91. The first-order valence-electron chi connectivity index (χ1n) is 7.99. The average Bonchev–Trinajstić information content (AvgIpc) is 3.08. The fourth-order valence-electron chi connectivity index (χ4n) is 2.90. The normalized spacial score (nSPS) is 14.3. The molecule has 3 rings (SSSR count). The van der Waals surface area contributed by atoms with Gasteiger partial charge in [0.1, 0.15) is 0 Å². The van der Waals surface area contributed by atoms with Crippen molar-refractivity contribution in [3.63, 3.8) is 0 Å².